The first-order chi connectivity index (χ1) is 26.6. The van der Waals surface area contributed by atoms with Crippen molar-refractivity contribution in [3.8, 4) is 11.8 Å². The van der Waals surface area contributed by atoms with Crippen LogP contribution < -0.4 is 21.1 Å². The zero-order valence-electron chi connectivity index (χ0n) is 30.8. The Morgan fingerprint density at radius 2 is 1.85 bits per heavy atom. The molecule has 3 aliphatic rings. The van der Waals surface area contributed by atoms with Crippen molar-refractivity contribution < 1.29 is 19.1 Å². The van der Waals surface area contributed by atoms with Crippen LogP contribution in [0.15, 0.2) is 53.6 Å². The van der Waals surface area contributed by atoms with Gasteiger partial charge in [0.2, 0.25) is 11.8 Å². The van der Waals surface area contributed by atoms with Gasteiger partial charge in [0.25, 0.3) is 5.91 Å². The van der Waals surface area contributed by atoms with Crippen molar-refractivity contribution in [2.45, 2.75) is 69.4 Å². The van der Waals surface area contributed by atoms with Gasteiger partial charge < -0.3 is 15.0 Å². The number of nitrogens with zero attached hydrogens (tertiary/aromatic N) is 7. The van der Waals surface area contributed by atoms with Crippen molar-refractivity contribution in [1.82, 2.24) is 34.1 Å². The lowest BCUT2D eigenvalue weighted by molar-refractivity contribution is -0.135. The van der Waals surface area contributed by atoms with Gasteiger partial charge in [0.15, 0.2) is 5.69 Å². The first kappa shape index (κ1) is 36.5. The van der Waals surface area contributed by atoms with Crippen LogP contribution >= 0.6 is 11.6 Å². The van der Waals surface area contributed by atoms with E-state index >= 15 is 0 Å². The number of hydrogen-bond donors (Lipinski definition) is 2. The van der Waals surface area contributed by atoms with Crippen molar-refractivity contribution in [3.05, 3.63) is 81.1 Å². The lowest BCUT2D eigenvalue weighted by Crippen LogP contribution is -2.44. The fraction of sp³-hybridized carbons (Fsp3) is 0.425. The molecule has 8 rings (SSSR count). The highest BCUT2D eigenvalue weighted by molar-refractivity contribution is 6.32. The van der Waals surface area contributed by atoms with Crippen LogP contribution in [0.25, 0.3) is 21.9 Å². The molecule has 5 heterocycles. The van der Waals surface area contributed by atoms with Gasteiger partial charge in [-0.25, -0.2) is 9.78 Å². The molecule has 284 valence electrons. The van der Waals surface area contributed by atoms with E-state index in [-0.39, 0.29) is 40.3 Å². The molecule has 14 nitrogen and oxygen atoms in total. The number of carbonyl (C=O) groups is 3. The van der Waals surface area contributed by atoms with E-state index in [1.807, 2.05) is 36.5 Å². The Labute approximate surface area is 322 Å². The molecule has 0 radical (unpaired) electrons. The summed E-state index contributed by atoms with van der Waals surface area (Å²) in [4.78, 5) is 57.5. The second-order valence-corrected chi connectivity index (χ2v) is 15.4. The van der Waals surface area contributed by atoms with E-state index in [1.54, 1.807) is 23.3 Å². The maximum atomic E-state index is 13.4. The van der Waals surface area contributed by atoms with Crippen LogP contribution in [0.2, 0.25) is 5.02 Å². The number of anilines is 1. The number of fused-ring (bicyclic) bond motifs is 2. The number of pyridine rings is 1. The summed E-state index contributed by atoms with van der Waals surface area (Å²) in [6.07, 6.45) is 10.2. The van der Waals surface area contributed by atoms with Crippen LogP contribution in [0.3, 0.4) is 0 Å². The SMILES string of the molecule is COc1cc2nn([C@H]3CC[C@H](CN4CCC(c5cccc6c5n(C)c(=O)n6C5CCC(=O)NC5=O)CC4)CC3)cc2cc1NC(=O)c1cnc(C#N)c(Cl)c1. The number of para-hydroxylation sites is 1. The Hall–Kier alpha value is -5.52. The smallest absolute Gasteiger partial charge is 0.329 e. The lowest BCUT2D eigenvalue weighted by atomic mass is 9.84. The van der Waals surface area contributed by atoms with Crippen molar-refractivity contribution in [2.24, 2.45) is 13.0 Å². The summed E-state index contributed by atoms with van der Waals surface area (Å²) < 4.78 is 10.9. The van der Waals surface area contributed by atoms with Crippen molar-refractivity contribution in [1.29, 1.82) is 5.26 Å². The number of imidazole rings is 1. The predicted octanol–water partition coefficient (Wildman–Crippen LogP) is 5.46. The second kappa shape index (κ2) is 15.0. The van der Waals surface area contributed by atoms with Gasteiger partial charge in [-0.3, -0.25) is 33.5 Å². The normalized spacial score (nSPS) is 21.1. The molecule has 0 bridgehead atoms. The number of piperidine rings is 2. The van der Waals surface area contributed by atoms with Gasteiger partial charge in [-0.05, 0) is 93.6 Å². The zero-order valence-corrected chi connectivity index (χ0v) is 31.5. The molecule has 55 heavy (non-hydrogen) atoms. The minimum Gasteiger partial charge on any atom is -0.494 e. The molecule has 1 unspecified atom stereocenters. The minimum absolute atomic E-state index is 0.0579. The number of nitriles is 1. The summed E-state index contributed by atoms with van der Waals surface area (Å²) in [7, 11) is 3.32. The third-order valence-corrected chi connectivity index (χ3v) is 12.0. The fourth-order valence-electron chi connectivity index (χ4n) is 8.78. The molecular formula is C40H42ClN9O5. The summed E-state index contributed by atoms with van der Waals surface area (Å²) in [5, 5.41) is 20.3. The van der Waals surface area contributed by atoms with Crippen LogP contribution in [0.4, 0.5) is 5.69 Å². The number of ether oxygens (including phenoxy) is 1. The number of carbonyl (C=O) groups excluding carboxylic acids is 3. The first-order valence-electron chi connectivity index (χ1n) is 18.8. The molecule has 0 spiro atoms. The molecular weight excluding hydrogens is 722 g/mol. The number of rotatable bonds is 8. The minimum atomic E-state index is -0.690. The number of amides is 3. The van der Waals surface area contributed by atoms with Crippen LogP contribution in [0, 0.1) is 17.2 Å². The molecule has 3 aromatic heterocycles. The third-order valence-electron chi connectivity index (χ3n) is 11.7. The maximum absolute atomic E-state index is 13.4. The average Bonchev–Trinajstić information content (AvgIpc) is 3.72. The van der Waals surface area contributed by atoms with Gasteiger partial charge in [0, 0.05) is 43.9 Å². The fourth-order valence-corrected chi connectivity index (χ4v) is 8.98. The van der Waals surface area contributed by atoms with E-state index in [1.165, 1.54) is 12.3 Å². The van der Waals surface area contributed by atoms with Gasteiger partial charge in [0.05, 0.1) is 46.0 Å². The summed E-state index contributed by atoms with van der Waals surface area (Å²) in [5.41, 5.74) is 4.12. The van der Waals surface area contributed by atoms with Crippen LogP contribution in [-0.2, 0) is 16.6 Å². The number of likely N-dealkylation sites (tertiary alicyclic amines) is 1. The largest absolute Gasteiger partial charge is 0.494 e. The van der Waals surface area contributed by atoms with Crippen LogP contribution in [-0.4, -0.2) is 73.3 Å². The summed E-state index contributed by atoms with van der Waals surface area (Å²) in [5.74, 6) is 0.273. The number of halogens is 1. The number of hydrogen-bond acceptors (Lipinski definition) is 9. The molecule has 1 aliphatic carbocycles. The molecule has 2 aromatic carbocycles. The zero-order chi connectivity index (χ0) is 38.4. The van der Waals surface area contributed by atoms with Crippen molar-refractivity contribution in [3.63, 3.8) is 0 Å². The highest BCUT2D eigenvalue weighted by Gasteiger charge is 2.33. The molecule has 15 heteroatoms. The number of aryl methyl sites for hydroxylation is 1. The van der Waals surface area contributed by atoms with E-state index in [9.17, 15) is 19.2 Å². The Morgan fingerprint density at radius 3 is 2.56 bits per heavy atom. The molecule has 2 saturated heterocycles. The van der Waals surface area contributed by atoms with E-state index in [0.29, 0.717) is 29.7 Å². The molecule has 3 amide bonds. The molecule has 2 aliphatic heterocycles. The molecule has 1 saturated carbocycles. The Morgan fingerprint density at radius 1 is 1.07 bits per heavy atom. The summed E-state index contributed by atoms with van der Waals surface area (Å²) in [6.45, 7) is 3.04. The van der Waals surface area contributed by atoms with E-state index in [0.717, 1.165) is 85.7 Å². The standard InChI is InChI=1S/C40H42ClN9O5/c1-47-37-28(4-3-5-33(37)50(40(47)54)34-10-11-36(51)45-39(34)53)24-12-14-48(15-13-24)21-23-6-8-27(9-7-23)49-22-26-17-31(35(55-2)18-30(26)46-49)44-38(52)25-16-29(41)32(19-42)43-20-25/h3-5,16-18,20,22-24,27,34H,6-15,21H2,1-2H3,(H,44,52)(H,45,51,53)/t23-,27-,34?. The van der Waals surface area contributed by atoms with E-state index in [4.69, 9.17) is 26.7 Å². The second-order valence-electron chi connectivity index (χ2n) is 15.0. The summed E-state index contributed by atoms with van der Waals surface area (Å²) >= 11 is 6.10. The number of nitrogens with one attached hydrogen (secondary N) is 2. The maximum Gasteiger partial charge on any atom is 0.329 e. The van der Waals surface area contributed by atoms with Crippen LogP contribution in [0.5, 0.6) is 5.75 Å². The van der Waals surface area contributed by atoms with E-state index in [2.05, 4.69) is 31.3 Å². The Bertz CT molecular complexity index is 2430. The molecule has 3 fully saturated rings. The monoisotopic (exact) mass is 763 g/mol. The van der Waals surface area contributed by atoms with Gasteiger partial charge in [-0.15, -0.1) is 0 Å². The van der Waals surface area contributed by atoms with Gasteiger partial charge in [-0.2, -0.15) is 10.4 Å². The quantitative estimate of drug-likeness (QED) is 0.195. The summed E-state index contributed by atoms with van der Waals surface area (Å²) in [6, 6.07) is 12.6. The highest BCUT2D eigenvalue weighted by Crippen LogP contribution is 2.38. The van der Waals surface area contributed by atoms with Gasteiger partial charge in [-0.1, -0.05) is 23.7 Å². The first-order valence-corrected chi connectivity index (χ1v) is 19.2. The predicted molar refractivity (Wildman–Crippen MR) is 206 cm³/mol. The molecule has 2 N–H and O–H groups in total. The number of methoxy groups -OCH3 is 1. The number of benzene rings is 2. The third kappa shape index (κ3) is 6.98. The van der Waals surface area contributed by atoms with Crippen molar-refractivity contribution >= 4 is 56.9 Å². The number of imide groups is 1. The van der Waals surface area contributed by atoms with Gasteiger partial charge in [0.1, 0.15) is 17.9 Å². The average molecular weight is 764 g/mol. The highest BCUT2D eigenvalue weighted by atomic mass is 35.5. The lowest BCUT2D eigenvalue weighted by Gasteiger charge is -2.37. The topological polar surface area (TPSA) is 169 Å². The Kier molecular flexibility index (Phi) is 9.91. The van der Waals surface area contributed by atoms with Crippen LogP contribution in [0.1, 0.15) is 91.0 Å². The number of aromatic nitrogens is 5. The molecule has 1 atom stereocenters. The van der Waals surface area contributed by atoms with Gasteiger partial charge >= 0.3 is 5.69 Å². The molecule has 5 aromatic rings. The van der Waals surface area contributed by atoms with Crippen molar-refractivity contribution in [2.75, 3.05) is 32.1 Å². The van der Waals surface area contributed by atoms with E-state index < -0.39 is 17.9 Å². The Balaban J connectivity index is 0.878.